The summed E-state index contributed by atoms with van der Waals surface area (Å²) in [6.07, 6.45) is 7.70. The summed E-state index contributed by atoms with van der Waals surface area (Å²) < 4.78 is 0. The Morgan fingerprint density at radius 2 is 2.56 bits per heavy atom. The van der Waals surface area contributed by atoms with Crippen LogP contribution in [0.25, 0.3) is 0 Å². The number of hydrogen-bond donors (Lipinski definition) is 2. The smallest absolute Gasteiger partial charge is 0.0330 e. The summed E-state index contributed by atoms with van der Waals surface area (Å²) in [4.78, 5) is 0. The molecule has 9 heavy (non-hydrogen) atoms. The highest BCUT2D eigenvalue weighted by Crippen LogP contribution is 2.21. The fraction of sp³-hybridized carbons (Fsp3) is 0.429. The Morgan fingerprint density at radius 3 is 3.44 bits per heavy atom. The highest BCUT2D eigenvalue weighted by Gasteiger charge is 2.16. The van der Waals surface area contributed by atoms with Gasteiger partial charge in [-0.1, -0.05) is 12.2 Å². The molecule has 2 rings (SSSR count). The molecule has 0 spiro atoms. The lowest BCUT2D eigenvalue weighted by Crippen LogP contribution is -2.39. The van der Waals surface area contributed by atoms with E-state index in [1.165, 1.54) is 12.1 Å². The number of nitrogens with one attached hydrogen (secondary N) is 2. The lowest BCUT2D eigenvalue weighted by Gasteiger charge is -2.22. The van der Waals surface area contributed by atoms with Gasteiger partial charge in [-0.05, 0) is 12.5 Å². The van der Waals surface area contributed by atoms with E-state index >= 15 is 0 Å². The van der Waals surface area contributed by atoms with Crippen molar-refractivity contribution in [2.45, 2.75) is 6.42 Å². The van der Waals surface area contributed by atoms with Gasteiger partial charge < -0.3 is 5.43 Å². The molecule has 1 aliphatic heterocycles. The third-order valence-electron chi connectivity index (χ3n) is 1.83. The molecule has 2 nitrogen and oxygen atoms in total. The first-order chi connectivity index (χ1) is 4.47. The summed E-state index contributed by atoms with van der Waals surface area (Å²) in [5, 5.41) is 0. The molecule has 0 amide bonds. The fourth-order valence-electron chi connectivity index (χ4n) is 1.30. The van der Waals surface area contributed by atoms with Gasteiger partial charge in [0.1, 0.15) is 0 Å². The minimum absolute atomic E-state index is 0.672. The zero-order chi connectivity index (χ0) is 6.10. The Balaban J connectivity index is 2.16. The van der Waals surface area contributed by atoms with Crippen molar-refractivity contribution in [2.75, 3.05) is 6.54 Å². The Morgan fingerprint density at radius 1 is 1.56 bits per heavy atom. The van der Waals surface area contributed by atoms with Gasteiger partial charge in [0.05, 0.1) is 0 Å². The molecule has 2 heteroatoms. The largest absolute Gasteiger partial charge is 0.325 e. The van der Waals surface area contributed by atoms with Crippen molar-refractivity contribution >= 4 is 0 Å². The van der Waals surface area contributed by atoms with Crippen LogP contribution in [0.4, 0.5) is 0 Å². The van der Waals surface area contributed by atoms with Crippen molar-refractivity contribution in [3.63, 3.8) is 0 Å². The Bertz CT molecular complexity index is 170. The number of fused-ring (bicyclic) bond motifs is 1. The lowest BCUT2D eigenvalue weighted by atomic mass is 10.0. The van der Waals surface area contributed by atoms with E-state index in [1.54, 1.807) is 0 Å². The van der Waals surface area contributed by atoms with Crippen LogP contribution >= 0.6 is 0 Å². The highest BCUT2D eigenvalue weighted by atomic mass is 15.4. The van der Waals surface area contributed by atoms with E-state index in [0.29, 0.717) is 5.92 Å². The van der Waals surface area contributed by atoms with E-state index in [4.69, 9.17) is 0 Å². The van der Waals surface area contributed by atoms with E-state index in [1.807, 2.05) is 0 Å². The molecule has 1 aliphatic carbocycles. The average molecular weight is 122 g/mol. The third-order valence-corrected chi connectivity index (χ3v) is 1.83. The maximum Gasteiger partial charge on any atom is 0.0330 e. The predicted molar refractivity (Wildman–Crippen MR) is 36.5 cm³/mol. The van der Waals surface area contributed by atoms with Crippen molar-refractivity contribution in [3.05, 3.63) is 23.9 Å². The summed E-state index contributed by atoms with van der Waals surface area (Å²) in [5.41, 5.74) is 7.55. The molecular weight excluding hydrogens is 112 g/mol. The van der Waals surface area contributed by atoms with E-state index in [2.05, 4.69) is 29.1 Å². The predicted octanol–water partition coefficient (Wildman–Crippen LogP) is 0.554. The third kappa shape index (κ3) is 0.754. The molecule has 1 heterocycles. The van der Waals surface area contributed by atoms with Crippen LogP contribution in [0, 0.1) is 5.92 Å². The Hall–Kier alpha value is -0.760. The molecule has 1 fully saturated rings. The van der Waals surface area contributed by atoms with Crippen molar-refractivity contribution < 1.29 is 0 Å². The molecule has 1 saturated heterocycles. The van der Waals surface area contributed by atoms with E-state index in [-0.39, 0.29) is 0 Å². The lowest BCUT2D eigenvalue weighted by molar-refractivity contribution is 0.452. The van der Waals surface area contributed by atoms with Gasteiger partial charge >= 0.3 is 0 Å². The first kappa shape index (κ1) is 5.06. The van der Waals surface area contributed by atoms with Crippen molar-refractivity contribution in [3.8, 4) is 0 Å². The van der Waals surface area contributed by atoms with E-state index < -0.39 is 0 Å². The second-order valence-corrected chi connectivity index (χ2v) is 2.45. The van der Waals surface area contributed by atoms with Crippen LogP contribution in [0.3, 0.4) is 0 Å². The topological polar surface area (TPSA) is 24.1 Å². The molecule has 0 bridgehead atoms. The monoisotopic (exact) mass is 122 g/mol. The van der Waals surface area contributed by atoms with Crippen molar-refractivity contribution in [1.82, 2.24) is 10.9 Å². The summed E-state index contributed by atoms with van der Waals surface area (Å²) in [6.45, 7) is 1.08. The normalized spacial score (nSPS) is 31.1. The SMILES string of the molecule is C1=CC2CCNNC2=C1. The standard InChI is InChI=1S/C7H10N2/c1-2-6-4-5-8-9-7(6)3-1/h1-3,6,8-9H,4-5H2. The molecule has 2 aliphatic rings. The number of rotatable bonds is 0. The van der Waals surface area contributed by atoms with Gasteiger partial charge in [0.15, 0.2) is 0 Å². The first-order valence-electron chi connectivity index (χ1n) is 3.34. The van der Waals surface area contributed by atoms with Crippen LogP contribution < -0.4 is 10.9 Å². The number of allylic oxidation sites excluding steroid dienone is 3. The second-order valence-electron chi connectivity index (χ2n) is 2.45. The summed E-state index contributed by atoms with van der Waals surface area (Å²) in [5.74, 6) is 0.672. The van der Waals surface area contributed by atoms with Gasteiger partial charge in [-0.15, -0.1) is 0 Å². The molecule has 0 radical (unpaired) electrons. The fourth-order valence-corrected chi connectivity index (χ4v) is 1.30. The molecule has 1 atom stereocenters. The minimum atomic E-state index is 0.672. The van der Waals surface area contributed by atoms with Crippen LogP contribution in [-0.4, -0.2) is 6.54 Å². The van der Waals surface area contributed by atoms with Gasteiger partial charge in [-0.2, -0.15) is 0 Å². The van der Waals surface area contributed by atoms with Gasteiger partial charge in [0, 0.05) is 18.2 Å². The van der Waals surface area contributed by atoms with Crippen LogP contribution in [0.5, 0.6) is 0 Å². The van der Waals surface area contributed by atoms with Crippen LogP contribution in [0.2, 0.25) is 0 Å². The van der Waals surface area contributed by atoms with Crippen LogP contribution in [-0.2, 0) is 0 Å². The zero-order valence-electron chi connectivity index (χ0n) is 5.22. The maximum atomic E-state index is 3.13. The molecule has 0 saturated carbocycles. The summed E-state index contributed by atoms with van der Waals surface area (Å²) >= 11 is 0. The molecule has 1 unspecified atom stereocenters. The molecule has 0 aromatic rings. The Labute approximate surface area is 54.6 Å². The summed E-state index contributed by atoms with van der Waals surface area (Å²) in [6, 6.07) is 0. The van der Waals surface area contributed by atoms with Gasteiger partial charge in [0.2, 0.25) is 0 Å². The van der Waals surface area contributed by atoms with Crippen LogP contribution in [0.1, 0.15) is 6.42 Å². The molecule has 0 aromatic carbocycles. The van der Waals surface area contributed by atoms with Gasteiger partial charge in [0.25, 0.3) is 0 Å². The quantitative estimate of drug-likeness (QED) is 0.490. The Kier molecular flexibility index (Phi) is 1.06. The molecule has 2 N–H and O–H groups in total. The van der Waals surface area contributed by atoms with E-state index in [0.717, 1.165) is 6.54 Å². The first-order valence-corrected chi connectivity index (χ1v) is 3.34. The average Bonchev–Trinajstić information content (AvgIpc) is 2.33. The highest BCUT2D eigenvalue weighted by molar-refractivity contribution is 5.26. The summed E-state index contributed by atoms with van der Waals surface area (Å²) in [7, 11) is 0. The molecule has 48 valence electrons. The maximum absolute atomic E-state index is 3.13. The van der Waals surface area contributed by atoms with E-state index in [9.17, 15) is 0 Å². The van der Waals surface area contributed by atoms with Crippen LogP contribution in [0.15, 0.2) is 23.9 Å². The van der Waals surface area contributed by atoms with Crippen molar-refractivity contribution in [1.29, 1.82) is 0 Å². The second kappa shape index (κ2) is 1.88. The van der Waals surface area contributed by atoms with Gasteiger partial charge in [-0.25, -0.2) is 5.43 Å². The number of hydrogen-bond acceptors (Lipinski definition) is 2. The minimum Gasteiger partial charge on any atom is -0.325 e. The zero-order valence-corrected chi connectivity index (χ0v) is 5.22. The molecule has 0 aromatic heterocycles. The number of hydrazine groups is 1. The van der Waals surface area contributed by atoms with Gasteiger partial charge in [-0.3, -0.25) is 0 Å². The van der Waals surface area contributed by atoms with Crippen molar-refractivity contribution in [2.24, 2.45) is 5.92 Å². The molecular formula is C7H10N2.